The topological polar surface area (TPSA) is 104 Å². The Labute approximate surface area is 181 Å². The summed E-state index contributed by atoms with van der Waals surface area (Å²) in [6.45, 7) is 4.66. The number of phenolic OH excluding ortho intramolecular Hbond substituents is 1. The lowest BCUT2D eigenvalue weighted by molar-refractivity contribution is 0.0824. The van der Waals surface area contributed by atoms with Crippen LogP contribution >= 0.6 is 27.7 Å². The third-order valence-electron chi connectivity index (χ3n) is 4.26. The first-order valence-corrected chi connectivity index (χ1v) is 10.4. The van der Waals surface area contributed by atoms with Gasteiger partial charge in [0, 0.05) is 18.6 Å². The van der Waals surface area contributed by atoms with E-state index in [4.69, 9.17) is 4.42 Å². The van der Waals surface area contributed by atoms with Gasteiger partial charge in [-0.3, -0.25) is 4.79 Å². The predicted octanol–water partition coefficient (Wildman–Crippen LogP) is 4.78. The van der Waals surface area contributed by atoms with E-state index in [0.717, 1.165) is 23.1 Å². The maximum atomic E-state index is 12.4. The Bertz CT molecular complexity index is 1020. The summed E-state index contributed by atoms with van der Waals surface area (Å²) in [7, 11) is 3.25. The third kappa shape index (κ3) is 4.70. The molecule has 0 saturated heterocycles. The summed E-state index contributed by atoms with van der Waals surface area (Å²) in [6.07, 6.45) is 1.75. The van der Waals surface area contributed by atoms with Crippen molar-refractivity contribution in [2.75, 3.05) is 24.7 Å². The van der Waals surface area contributed by atoms with Crippen molar-refractivity contribution in [3.8, 4) is 5.75 Å². The molecule has 0 saturated carbocycles. The maximum absolute atomic E-state index is 12.4. The van der Waals surface area contributed by atoms with Crippen LogP contribution in [0.3, 0.4) is 0 Å². The van der Waals surface area contributed by atoms with Crippen LogP contribution in [0.5, 0.6) is 5.75 Å². The van der Waals surface area contributed by atoms with E-state index in [2.05, 4.69) is 49.2 Å². The summed E-state index contributed by atoms with van der Waals surface area (Å²) in [5, 5.41) is 16.8. The molecule has 0 unspecified atom stereocenters. The minimum atomic E-state index is -0.313. The van der Waals surface area contributed by atoms with Crippen LogP contribution in [0.25, 0.3) is 0 Å². The minimum Gasteiger partial charge on any atom is -0.505 e. The van der Waals surface area contributed by atoms with Crippen LogP contribution in [-0.2, 0) is 6.54 Å². The number of hydrogen-bond donors (Lipinski definition) is 3. The average molecular weight is 480 g/mol. The molecule has 29 heavy (non-hydrogen) atoms. The van der Waals surface area contributed by atoms with Crippen LogP contribution in [0, 0.1) is 0 Å². The first-order valence-electron chi connectivity index (χ1n) is 8.91. The molecule has 0 aliphatic heterocycles. The van der Waals surface area contributed by atoms with Gasteiger partial charge in [0.1, 0.15) is 5.76 Å². The zero-order valence-corrected chi connectivity index (χ0v) is 18.9. The standard InChI is InChI=1S/C19H22BrN5O3S/c1-10(2)11-7-12(28-9-11)8-21-17-18(24-29-23-17)22-14-6-5-13(20)15(16(14)26)19(27)25(3)4/h5-7,9-10,26H,8H2,1-4H3,(H,21,23)(H,22,24). The van der Waals surface area contributed by atoms with E-state index in [9.17, 15) is 9.90 Å². The van der Waals surface area contributed by atoms with Crippen LogP contribution in [0.2, 0.25) is 0 Å². The quantitative estimate of drug-likeness (QED) is 0.418. The fourth-order valence-corrected chi connectivity index (χ4v) is 3.55. The van der Waals surface area contributed by atoms with Gasteiger partial charge in [-0.1, -0.05) is 13.8 Å². The average Bonchev–Trinajstić information content (AvgIpc) is 3.31. The molecular weight excluding hydrogens is 458 g/mol. The molecule has 8 nitrogen and oxygen atoms in total. The Hall–Kier alpha value is -2.59. The number of nitrogens with one attached hydrogen (secondary N) is 2. The van der Waals surface area contributed by atoms with Crippen molar-refractivity contribution < 1.29 is 14.3 Å². The van der Waals surface area contributed by atoms with Crippen molar-refractivity contribution in [3.63, 3.8) is 0 Å². The number of aromatic nitrogens is 2. The highest BCUT2D eigenvalue weighted by molar-refractivity contribution is 9.10. The number of amides is 1. The number of furan rings is 1. The van der Waals surface area contributed by atoms with Gasteiger partial charge < -0.3 is 25.1 Å². The summed E-state index contributed by atoms with van der Waals surface area (Å²) < 4.78 is 14.6. The SMILES string of the molecule is CC(C)c1coc(CNc2nsnc2Nc2ccc(Br)c(C(=O)N(C)C)c2O)c1. The Morgan fingerprint density at radius 1 is 1.31 bits per heavy atom. The fourth-order valence-electron chi connectivity index (χ4n) is 2.57. The third-order valence-corrected chi connectivity index (χ3v) is 5.45. The van der Waals surface area contributed by atoms with Crippen LogP contribution in [0.15, 0.2) is 33.4 Å². The Kier molecular flexibility index (Phi) is 6.43. The molecule has 0 fully saturated rings. The van der Waals surface area contributed by atoms with Crippen LogP contribution in [0.1, 0.15) is 41.4 Å². The number of carbonyl (C=O) groups excluding carboxylic acids is 1. The van der Waals surface area contributed by atoms with Gasteiger partial charge in [0.25, 0.3) is 5.91 Å². The molecule has 154 valence electrons. The zero-order valence-electron chi connectivity index (χ0n) is 16.5. The lowest BCUT2D eigenvalue weighted by atomic mass is 10.1. The van der Waals surface area contributed by atoms with Crippen molar-refractivity contribution >= 4 is 50.9 Å². The van der Waals surface area contributed by atoms with Crippen molar-refractivity contribution in [2.45, 2.75) is 26.3 Å². The highest BCUT2D eigenvalue weighted by Gasteiger charge is 2.21. The van der Waals surface area contributed by atoms with E-state index in [0.29, 0.717) is 34.3 Å². The summed E-state index contributed by atoms with van der Waals surface area (Å²) >= 11 is 4.35. The molecule has 1 aromatic carbocycles. The van der Waals surface area contributed by atoms with E-state index in [1.807, 2.05) is 6.07 Å². The van der Waals surface area contributed by atoms with E-state index < -0.39 is 0 Å². The van der Waals surface area contributed by atoms with Crippen LogP contribution in [0.4, 0.5) is 17.3 Å². The van der Waals surface area contributed by atoms with Crippen molar-refractivity contribution in [1.29, 1.82) is 0 Å². The minimum absolute atomic E-state index is 0.162. The number of hydrogen-bond acceptors (Lipinski definition) is 8. The van der Waals surface area contributed by atoms with Crippen LogP contribution in [-0.4, -0.2) is 38.8 Å². The van der Waals surface area contributed by atoms with Crippen LogP contribution < -0.4 is 10.6 Å². The van der Waals surface area contributed by atoms with E-state index in [1.54, 1.807) is 32.5 Å². The predicted molar refractivity (Wildman–Crippen MR) is 117 cm³/mol. The summed E-state index contributed by atoms with van der Waals surface area (Å²) in [5.41, 5.74) is 1.66. The normalized spacial score (nSPS) is 11.0. The molecule has 0 aliphatic rings. The second-order valence-electron chi connectivity index (χ2n) is 6.96. The molecule has 2 heterocycles. The first-order chi connectivity index (χ1) is 13.8. The number of rotatable bonds is 7. The summed E-state index contributed by atoms with van der Waals surface area (Å²) in [4.78, 5) is 13.8. The number of anilines is 3. The van der Waals surface area contributed by atoms with Gasteiger partial charge in [0.2, 0.25) is 0 Å². The second kappa shape index (κ2) is 8.83. The number of phenols is 1. The monoisotopic (exact) mass is 479 g/mol. The number of nitrogens with zero attached hydrogens (tertiary/aromatic N) is 3. The van der Waals surface area contributed by atoms with Gasteiger partial charge in [-0.25, -0.2) is 0 Å². The maximum Gasteiger partial charge on any atom is 0.258 e. The van der Waals surface area contributed by atoms with Gasteiger partial charge in [0.05, 0.1) is 35.8 Å². The molecular formula is C19H22BrN5O3S. The Balaban J connectivity index is 1.77. The zero-order chi connectivity index (χ0) is 21.1. The van der Waals surface area contributed by atoms with Gasteiger partial charge in [-0.15, -0.1) is 0 Å². The first kappa shape index (κ1) is 21.1. The largest absolute Gasteiger partial charge is 0.505 e. The molecule has 10 heteroatoms. The number of carbonyl (C=O) groups is 1. The molecule has 3 aromatic rings. The number of benzene rings is 1. The van der Waals surface area contributed by atoms with E-state index >= 15 is 0 Å². The molecule has 0 bridgehead atoms. The highest BCUT2D eigenvalue weighted by atomic mass is 79.9. The smallest absolute Gasteiger partial charge is 0.258 e. The number of aromatic hydroxyl groups is 1. The second-order valence-corrected chi connectivity index (χ2v) is 8.34. The lowest BCUT2D eigenvalue weighted by Crippen LogP contribution is -2.22. The molecule has 0 aliphatic carbocycles. The lowest BCUT2D eigenvalue weighted by Gasteiger charge is -2.16. The van der Waals surface area contributed by atoms with Crippen molar-refractivity contribution in [1.82, 2.24) is 13.6 Å². The number of halogens is 1. The highest BCUT2D eigenvalue weighted by Crippen LogP contribution is 2.36. The molecule has 3 N–H and O–H groups in total. The van der Waals surface area contributed by atoms with Gasteiger partial charge in [-0.05, 0) is 45.6 Å². The van der Waals surface area contributed by atoms with Gasteiger partial charge in [0.15, 0.2) is 17.4 Å². The fraction of sp³-hybridized carbons (Fsp3) is 0.316. The van der Waals surface area contributed by atoms with Crippen molar-refractivity contribution in [3.05, 3.63) is 45.8 Å². The molecule has 1 amide bonds. The van der Waals surface area contributed by atoms with Crippen molar-refractivity contribution in [2.24, 2.45) is 0 Å². The van der Waals surface area contributed by atoms with Gasteiger partial charge >= 0.3 is 0 Å². The van der Waals surface area contributed by atoms with E-state index in [1.165, 1.54) is 4.90 Å². The summed E-state index contributed by atoms with van der Waals surface area (Å²) in [5.74, 6) is 1.69. The Morgan fingerprint density at radius 2 is 2.03 bits per heavy atom. The molecule has 0 atom stereocenters. The van der Waals surface area contributed by atoms with E-state index in [-0.39, 0.29) is 17.2 Å². The Morgan fingerprint density at radius 3 is 2.69 bits per heavy atom. The molecule has 2 aromatic heterocycles. The van der Waals surface area contributed by atoms with Gasteiger partial charge in [-0.2, -0.15) is 8.75 Å². The molecule has 0 spiro atoms. The summed E-state index contributed by atoms with van der Waals surface area (Å²) in [6, 6.07) is 5.36. The molecule has 0 radical (unpaired) electrons. The molecule has 3 rings (SSSR count).